The third-order valence-corrected chi connectivity index (χ3v) is 4.18. The van der Waals surface area contributed by atoms with E-state index in [0.717, 1.165) is 12.3 Å². The molecule has 0 radical (unpaired) electrons. The Hall–Kier alpha value is -1.18. The lowest BCUT2D eigenvalue weighted by Gasteiger charge is -2.21. The molecule has 0 spiro atoms. The summed E-state index contributed by atoms with van der Waals surface area (Å²) in [6, 6.07) is 0.657. The number of pyridine rings is 1. The average molecular weight is 546 g/mol. The first kappa shape index (κ1) is 24.9. The standard InChI is InChI=1S/C15H18ClF6N5.HI/c1-23-13(24-4-3-14(17,18)19)26-10-2-5-27(8-10)12-11(16)6-9(7-25-12)15(20,21)22;/h6-7,10H,2-5,8H2,1H3,(H2,23,24,26);1H. The van der Waals surface area contributed by atoms with E-state index in [-0.39, 0.29) is 53.4 Å². The fourth-order valence-corrected chi connectivity index (χ4v) is 2.89. The molecule has 1 aromatic rings. The molecule has 0 aromatic carbocycles. The van der Waals surface area contributed by atoms with Crippen LogP contribution in [0.2, 0.25) is 5.02 Å². The Bertz CT molecular complexity index is 682. The van der Waals surface area contributed by atoms with Gasteiger partial charge in [-0.25, -0.2) is 4.98 Å². The number of halogens is 8. The second kappa shape index (κ2) is 10.0. The van der Waals surface area contributed by atoms with Gasteiger partial charge in [-0.1, -0.05) is 11.6 Å². The SMILES string of the molecule is CN=C(NCCC(F)(F)F)NC1CCN(c2ncc(C(F)(F)F)cc2Cl)C1.I. The number of nitrogens with one attached hydrogen (secondary N) is 2. The summed E-state index contributed by atoms with van der Waals surface area (Å²) >= 11 is 5.94. The highest BCUT2D eigenvalue weighted by molar-refractivity contribution is 14.0. The minimum Gasteiger partial charge on any atom is -0.356 e. The molecular weight excluding hydrogens is 527 g/mol. The minimum absolute atomic E-state index is 0. The van der Waals surface area contributed by atoms with Crippen molar-refractivity contribution < 1.29 is 26.3 Å². The lowest BCUT2D eigenvalue weighted by Crippen LogP contribution is -2.45. The van der Waals surface area contributed by atoms with E-state index in [2.05, 4.69) is 20.6 Å². The third kappa shape index (κ3) is 7.33. The van der Waals surface area contributed by atoms with Gasteiger partial charge in [0.2, 0.25) is 0 Å². The molecule has 0 saturated carbocycles. The molecule has 1 aliphatic heterocycles. The maximum atomic E-state index is 12.7. The molecule has 2 N–H and O–H groups in total. The Labute approximate surface area is 179 Å². The Morgan fingerprint density at radius 2 is 2.00 bits per heavy atom. The van der Waals surface area contributed by atoms with Gasteiger partial charge in [0.1, 0.15) is 5.82 Å². The van der Waals surface area contributed by atoms with E-state index >= 15 is 0 Å². The topological polar surface area (TPSA) is 52.6 Å². The molecule has 1 saturated heterocycles. The van der Waals surface area contributed by atoms with E-state index in [1.807, 2.05) is 0 Å². The van der Waals surface area contributed by atoms with Crippen molar-refractivity contribution in [2.75, 3.05) is 31.6 Å². The van der Waals surface area contributed by atoms with E-state index in [4.69, 9.17) is 11.6 Å². The number of nitrogens with zero attached hydrogens (tertiary/aromatic N) is 3. The lowest BCUT2D eigenvalue weighted by atomic mass is 10.2. The summed E-state index contributed by atoms with van der Waals surface area (Å²) < 4.78 is 74.6. The van der Waals surface area contributed by atoms with Gasteiger partial charge in [0, 0.05) is 38.9 Å². The molecule has 2 rings (SSSR count). The van der Waals surface area contributed by atoms with Crippen LogP contribution in [-0.4, -0.2) is 49.8 Å². The van der Waals surface area contributed by atoms with Crippen LogP contribution in [0.5, 0.6) is 0 Å². The molecule has 0 aliphatic carbocycles. The Kier molecular flexibility index (Phi) is 8.91. The van der Waals surface area contributed by atoms with Crippen LogP contribution in [0.3, 0.4) is 0 Å². The number of hydrogen-bond donors (Lipinski definition) is 2. The fraction of sp³-hybridized carbons (Fsp3) is 0.600. The molecule has 2 heterocycles. The highest BCUT2D eigenvalue weighted by atomic mass is 127. The molecule has 28 heavy (non-hydrogen) atoms. The molecule has 0 amide bonds. The number of aliphatic imine (C=N–C) groups is 1. The number of hydrogen-bond acceptors (Lipinski definition) is 3. The van der Waals surface area contributed by atoms with Gasteiger partial charge in [-0.15, -0.1) is 24.0 Å². The van der Waals surface area contributed by atoms with E-state index < -0.39 is 24.3 Å². The summed E-state index contributed by atoms with van der Waals surface area (Å²) in [5.74, 6) is 0.451. The Balaban J connectivity index is 0.00000392. The molecule has 1 aromatic heterocycles. The van der Waals surface area contributed by atoms with Crippen molar-refractivity contribution in [3.8, 4) is 0 Å². The fourth-order valence-electron chi connectivity index (χ4n) is 2.60. The summed E-state index contributed by atoms with van der Waals surface area (Å²) in [6.07, 6.45) is -8.46. The highest BCUT2D eigenvalue weighted by Crippen LogP contribution is 2.34. The van der Waals surface area contributed by atoms with Crippen molar-refractivity contribution in [1.82, 2.24) is 15.6 Å². The van der Waals surface area contributed by atoms with E-state index in [1.165, 1.54) is 7.05 Å². The quantitative estimate of drug-likeness (QED) is 0.259. The van der Waals surface area contributed by atoms with Gasteiger partial charge in [-0.3, -0.25) is 4.99 Å². The zero-order valence-electron chi connectivity index (χ0n) is 14.7. The molecule has 13 heteroatoms. The van der Waals surface area contributed by atoms with Crippen molar-refractivity contribution >= 4 is 47.4 Å². The summed E-state index contributed by atoms with van der Waals surface area (Å²) in [5.41, 5.74) is -0.931. The Morgan fingerprint density at radius 1 is 1.32 bits per heavy atom. The number of anilines is 1. The summed E-state index contributed by atoms with van der Waals surface area (Å²) in [5, 5.41) is 5.45. The maximum absolute atomic E-state index is 12.7. The predicted molar refractivity (Wildman–Crippen MR) is 105 cm³/mol. The van der Waals surface area contributed by atoms with Crippen molar-refractivity contribution in [2.45, 2.75) is 31.2 Å². The van der Waals surface area contributed by atoms with Crippen molar-refractivity contribution in [3.05, 3.63) is 22.8 Å². The van der Waals surface area contributed by atoms with E-state index in [0.29, 0.717) is 19.5 Å². The van der Waals surface area contributed by atoms with E-state index in [9.17, 15) is 26.3 Å². The summed E-state index contributed by atoms with van der Waals surface area (Å²) in [7, 11) is 1.43. The van der Waals surface area contributed by atoms with Gasteiger partial charge in [0.15, 0.2) is 5.96 Å². The van der Waals surface area contributed by atoms with Crippen LogP contribution >= 0.6 is 35.6 Å². The molecular formula is C15H19ClF6IN5. The summed E-state index contributed by atoms with van der Waals surface area (Å²) in [6.45, 7) is 0.541. The van der Waals surface area contributed by atoms with Crippen LogP contribution in [0.15, 0.2) is 17.3 Å². The molecule has 0 bridgehead atoms. The zero-order chi connectivity index (χ0) is 20.2. The van der Waals surface area contributed by atoms with Crippen molar-refractivity contribution in [1.29, 1.82) is 0 Å². The molecule has 5 nitrogen and oxygen atoms in total. The Morgan fingerprint density at radius 3 is 2.54 bits per heavy atom. The number of aromatic nitrogens is 1. The average Bonchev–Trinajstić information content (AvgIpc) is 3.00. The highest BCUT2D eigenvalue weighted by Gasteiger charge is 2.33. The van der Waals surface area contributed by atoms with Gasteiger partial charge < -0.3 is 15.5 Å². The van der Waals surface area contributed by atoms with Crippen LogP contribution < -0.4 is 15.5 Å². The van der Waals surface area contributed by atoms with Gasteiger partial charge in [0.05, 0.1) is 17.0 Å². The van der Waals surface area contributed by atoms with Crippen LogP contribution in [0.25, 0.3) is 0 Å². The second-order valence-electron chi connectivity index (χ2n) is 5.97. The van der Waals surface area contributed by atoms with Gasteiger partial charge in [-0.2, -0.15) is 26.3 Å². The largest absolute Gasteiger partial charge is 0.417 e. The molecule has 1 fully saturated rings. The molecule has 1 unspecified atom stereocenters. The van der Waals surface area contributed by atoms with Crippen LogP contribution in [0.1, 0.15) is 18.4 Å². The van der Waals surface area contributed by atoms with Crippen LogP contribution in [0, 0.1) is 0 Å². The van der Waals surface area contributed by atoms with Crippen LogP contribution in [-0.2, 0) is 6.18 Å². The van der Waals surface area contributed by atoms with Gasteiger partial charge in [0.25, 0.3) is 0 Å². The monoisotopic (exact) mass is 545 g/mol. The molecule has 1 atom stereocenters. The predicted octanol–water partition coefficient (Wildman–Crippen LogP) is 4.07. The number of guanidine groups is 1. The number of alkyl halides is 6. The second-order valence-corrected chi connectivity index (χ2v) is 6.37. The number of rotatable bonds is 4. The first-order valence-corrected chi connectivity index (χ1v) is 8.39. The first-order valence-electron chi connectivity index (χ1n) is 8.01. The first-order chi connectivity index (χ1) is 12.5. The van der Waals surface area contributed by atoms with E-state index in [1.54, 1.807) is 4.90 Å². The van der Waals surface area contributed by atoms with Crippen LogP contribution in [0.4, 0.5) is 32.2 Å². The third-order valence-electron chi connectivity index (χ3n) is 3.90. The normalized spacial score (nSPS) is 18.1. The van der Waals surface area contributed by atoms with Crippen molar-refractivity contribution in [2.24, 2.45) is 4.99 Å². The van der Waals surface area contributed by atoms with Gasteiger partial charge >= 0.3 is 12.4 Å². The maximum Gasteiger partial charge on any atom is 0.417 e. The zero-order valence-corrected chi connectivity index (χ0v) is 17.7. The molecule has 160 valence electrons. The van der Waals surface area contributed by atoms with Gasteiger partial charge in [-0.05, 0) is 12.5 Å². The van der Waals surface area contributed by atoms with Crippen molar-refractivity contribution in [3.63, 3.8) is 0 Å². The summed E-state index contributed by atoms with van der Waals surface area (Å²) in [4.78, 5) is 9.39. The smallest absolute Gasteiger partial charge is 0.356 e. The molecule has 1 aliphatic rings. The lowest BCUT2D eigenvalue weighted by molar-refractivity contribution is -0.138. The minimum atomic E-state index is -4.53.